The van der Waals surface area contributed by atoms with Gasteiger partial charge in [-0.3, -0.25) is 0 Å². The molecule has 1 saturated carbocycles. The van der Waals surface area contributed by atoms with E-state index in [-0.39, 0.29) is 6.03 Å². The fraction of sp³-hybridized carbons (Fsp3) is 0.857. The molecule has 0 aliphatic heterocycles. The van der Waals surface area contributed by atoms with Crippen LogP contribution < -0.4 is 5.32 Å². The van der Waals surface area contributed by atoms with Crippen LogP contribution in [0.3, 0.4) is 0 Å². The van der Waals surface area contributed by atoms with Crippen LogP contribution in [0.5, 0.6) is 0 Å². The molecule has 1 aliphatic rings. The van der Waals surface area contributed by atoms with Crippen molar-refractivity contribution in [1.82, 2.24) is 10.2 Å². The maximum atomic E-state index is 12.0. The molecule has 0 bridgehead atoms. The van der Waals surface area contributed by atoms with Crippen molar-refractivity contribution in [3.63, 3.8) is 0 Å². The Hall–Kier alpha value is -1.30. The summed E-state index contributed by atoms with van der Waals surface area (Å²) in [5.41, 5.74) is -1.18. The second-order valence-corrected chi connectivity index (χ2v) is 5.46. The molecule has 116 valence electrons. The number of hydrogen-bond donors (Lipinski definition) is 2. The molecule has 0 aromatic rings. The second-order valence-electron chi connectivity index (χ2n) is 5.46. The molecule has 0 aromatic carbocycles. The lowest BCUT2D eigenvalue weighted by Crippen LogP contribution is -2.57. The minimum atomic E-state index is -1.18. The van der Waals surface area contributed by atoms with Crippen LogP contribution in [0.4, 0.5) is 4.79 Å². The third-order valence-corrected chi connectivity index (χ3v) is 3.93. The van der Waals surface area contributed by atoms with Crippen molar-refractivity contribution in [3.8, 4) is 0 Å². The van der Waals surface area contributed by atoms with Crippen molar-refractivity contribution in [3.05, 3.63) is 0 Å². The van der Waals surface area contributed by atoms with Crippen molar-refractivity contribution < 1.29 is 19.4 Å². The van der Waals surface area contributed by atoms with Crippen molar-refractivity contribution in [2.24, 2.45) is 5.92 Å². The quantitative estimate of drug-likeness (QED) is 0.632. The fourth-order valence-electron chi connectivity index (χ4n) is 1.92. The summed E-state index contributed by atoms with van der Waals surface area (Å²) in [6.45, 7) is 5.23. The average molecular weight is 286 g/mol. The van der Waals surface area contributed by atoms with Crippen LogP contribution in [-0.4, -0.2) is 54.4 Å². The van der Waals surface area contributed by atoms with E-state index in [4.69, 9.17) is 4.74 Å². The number of hydrogen-bond acceptors (Lipinski definition) is 3. The predicted octanol–water partition coefficient (Wildman–Crippen LogP) is 1.70. The number of likely N-dealkylation sites (N-methyl/N-ethyl adjacent to an activating group) is 1. The zero-order chi connectivity index (χ0) is 15.2. The molecule has 0 atom stereocenters. The first kappa shape index (κ1) is 16.8. The van der Waals surface area contributed by atoms with Gasteiger partial charge in [0.15, 0.2) is 0 Å². The number of carboxylic acids is 1. The van der Waals surface area contributed by atoms with Crippen LogP contribution in [-0.2, 0) is 9.53 Å². The third-order valence-electron chi connectivity index (χ3n) is 3.93. The Kier molecular flexibility index (Phi) is 6.26. The number of rotatable bonds is 9. The minimum absolute atomic E-state index is 0.358. The van der Waals surface area contributed by atoms with Gasteiger partial charge in [0.1, 0.15) is 5.54 Å². The molecule has 0 aromatic heterocycles. The van der Waals surface area contributed by atoms with E-state index in [1.165, 1.54) is 17.7 Å². The standard InChI is InChI=1S/C14H26N2O4/c1-4-14(5-2,12(17)18)15-13(19)16(3)8-9-20-10-11-6-7-11/h11H,4-10H2,1-3H3,(H,15,19)(H,17,18). The van der Waals surface area contributed by atoms with Crippen LogP contribution in [0.15, 0.2) is 0 Å². The molecular weight excluding hydrogens is 260 g/mol. The molecule has 6 heteroatoms. The van der Waals surface area contributed by atoms with E-state index < -0.39 is 11.5 Å². The number of carbonyl (C=O) groups is 2. The van der Waals surface area contributed by atoms with Crippen LogP contribution in [0.1, 0.15) is 39.5 Å². The topological polar surface area (TPSA) is 78.9 Å². The summed E-state index contributed by atoms with van der Waals surface area (Å²) in [7, 11) is 1.65. The fourth-order valence-corrected chi connectivity index (χ4v) is 1.92. The van der Waals surface area contributed by atoms with Crippen molar-refractivity contribution >= 4 is 12.0 Å². The number of nitrogens with one attached hydrogen (secondary N) is 1. The SMILES string of the molecule is CCC(CC)(NC(=O)N(C)CCOCC1CC1)C(=O)O. The number of ether oxygens (including phenoxy) is 1. The summed E-state index contributed by atoms with van der Waals surface area (Å²) in [4.78, 5) is 24.8. The average Bonchev–Trinajstić information content (AvgIpc) is 3.24. The Bertz CT molecular complexity index is 338. The highest BCUT2D eigenvalue weighted by molar-refractivity contribution is 5.86. The number of amides is 2. The van der Waals surface area contributed by atoms with E-state index in [2.05, 4.69) is 5.32 Å². The Morgan fingerprint density at radius 2 is 1.95 bits per heavy atom. The molecule has 0 spiro atoms. The summed E-state index contributed by atoms with van der Waals surface area (Å²) in [6.07, 6.45) is 3.20. The molecule has 1 aliphatic carbocycles. The molecule has 0 heterocycles. The number of carbonyl (C=O) groups excluding carboxylic acids is 1. The van der Waals surface area contributed by atoms with Crippen LogP contribution in [0, 0.1) is 5.92 Å². The lowest BCUT2D eigenvalue weighted by Gasteiger charge is -2.30. The lowest BCUT2D eigenvalue weighted by atomic mass is 9.93. The molecule has 2 amide bonds. The molecular formula is C14H26N2O4. The Labute approximate surface area is 120 Å². The van der Waals surface area contributed by atoms with E-state index in [1.807, 2.05) is 0 Å². The molecule has 0 unspecified atom stereocenters. The highest BCUT2D eigenvalue weighted by Gasteiger charge is 2.37. The summed E-state index contributed by atoms with van der Waals surface area (Å²) in [5.74, 6) is -0.289. The largest absolute Gasteiger partial charge is 0.480 e. The van der Waals surface area contributed by atoms with Crippen molar-refractivity contribution in [1.29, 1.82) is 0 Å². The first-order chi connectivity index (χ1) is 9.45. The minimum Gasteiger partial charge on any atom is -0.480 e. The van der Waals surface area contributed by atoms with Gasteiger partial charge in [0.25, 0.3) is 0 Å². The number of carboxylic acid groups (broad SMARTS) is 1. The maximum Gasteiger partial charge on any atom is 0.329 e. The van der Waals surface area contributed by atoms with E-state index >= 15 is 0 Å². The van der Waals surface area contributed by atoms with Gasteiger partial charge in [0.05, 0.1) is 6.61 Å². The van der Waals surface area contributed by atoms with Gasteiger partial charge in [-0.1, -0.05) is 13.8 Å². The Balaban J connectivity index is 2.35. The highest BCUT2D eigenvalue weighted by atomic mass is 16.5. The first-order valence-corrected chi connectivity index (χ1v) is 7.29. The third kappa shape index (κ3) is 4.67. The molecule has 1 fully saturated rings. The highest BCUT2D eigenvalue weighted by Crippen LogP contribution is 2.28. The number of aliphatic carboxylic acids is 1. The predicted molar refractivity (Wildman–Crippen MR) is 75.7 cm³/mol. The smallest absolute Gasteiger partial charge is 0.329 e. The van der Waals surface area contributed by atoms with E-state index in [1.54, 1.807) is 20.9 Å². The molecule has 1 rings (SSSR count). The molecule has 2 N–H and O–H groups in total. The van der Waals surface area contributed by atoms with Crippen LogP contribution in [0.25, 0.3) is 0 Å². The van der Waals surface area contributed by atoms with E-state index in [0.717, 1.165) is 6.61 Å². The van der Waals surface area contributed by atoms with Crippen LogP contribution >= 0.6 is 0 Å². The van der Waals surface area contributed by atoms with E-state index in [9.17, 15) is 14.7 Å². The van der Waals surface area contributed by atoms with E-state index in [0.29, 0.717) is 31.9 Å². The number of nitrogens with zero attached hydrogens (tertiary/aromatic N) is 1. The van der Waals surface area contributed by atoms with Gasteiger partial charge in [0, 0.05) is 20.2 Å². The summed E-state index contributed by atoms with van der Waals surface area (Å²) in [5, 5.41) is 11.9. The summed E-state index contributed by atoms with van der Waals surface area (Å²) >= 11 is 0. The van der Waals surface area contributed by atoms with Gasteiger partial charge in [-0.25, -0.2) is 9.59 Å². The zero-order valence-corrected chi connectivity index (χ0v) is 12.6. The number of urea groups is 1. The van der Waals surface area contributed by atoms with Gasteiger partial charge in [-0.15, -0.1) is 0 Å². The Morgan fingerprint density at radius 3 is 2.40 bits per heavy atom. The van der Waals surface area contributed by atoms with Crippen molar-refractivity contribution in [2.75, 3.05) is 26.8 Å². The van der Waals surface area contributed by atoms with Crippen LogP contribution in [0.2, 0.25) is 0 Å². The van der Waals surface area contributed by atoms with Gasteiger partial charge in [-0.05, 0) is 31.6 Å². The van der Waals surface area contributed by atoms with Gasteiger partial charge >= 0.3 is 12.0 Å². The van der Waals surface area contributed by atoms with Crippen molar-refractivity contribution in [2.45, 2.75) is 45.1 Å². The van der Waals surface area contributed by atoms with Gasteiger partial charge < -0.3 is 20.1 Å². The first-order valence-electron chi connectivity index (χ1n) is 7.29. The molecule has 0 radical (unpaired) electrons. The normalized spacial score (nSPS) is 14.9. The lowest BCUT2D eigenvalue weighted by molar-refractivity contribution is -0.144. The summed E-state index contributed by atoms with van der Waals surface area (Å²) in [6, 6.07) is -0.369. The monoisotopic (exact) mass is 286 g/mol. The van der Waals surface area contributed by atoms with Gasteiger partial charge in [-0.2, -0.15) is 0 Å². The van der Waals surface area contributed by atoms with Gasteiger partial charge in [0.2, 0.25) is 0 Å². The summed E-state index contributed by atoms with van der Waals surface area (Å²) < 4.78 is 5.47. The Morgan fingerprint density at radius 1 is 1.35 bits per heavy atom. The maximum absolute atomic E-state index is 12.0. The molecule has 0 saturated heterocycles. The molecule has 6 nitrogen and oxygen atoms in total. The second kappa shape index (κ2) is 7.47. The zero-order valence-electron chi connectivity index (χ0n) is 12.6. The molecule has 20 heavy (non-hydrogen) atoms.